The van der Waals surface area contributed by atoms with Crippen molar-refractivity contribution in [3.8, 4) is 0 Å². The van der Waals surface area contributed by atoms with Crippen molar-refractivity contribution in [1.82, 2.24) is 25.1 Å². The number of aromatic nitrogens is 2. The molecule has 3 amide bonds. The summed E-state index contributed by atoms with van der Waals surface area (Å²) < 4.78 is 0. The summed E-state index contributed by atoms with van der Waals surface area (Å²) in [5.74, 6) is -0.712. The van der Waals surface area contributed by atoms with Crippen molar-refractivity contribution >= 4 is 29.5 Å². The molecule has 2 atom stereocenters. The number of carbonyl (C=O) groups excluding carboxylic acids is 2. The second-order valence-corrected chi connectivity index (χ2v) is 7.68. The minimum Gasteiger partial charge on any atom is -0.465 e. The van der Waals surface area contributed by atoms with Gasteiger partial charge in [-0.05, 0) is 25.7 Å². The lowest BCUT2D eigenvalue weighted by Crippen LogP contribution is -2.67. The standard InChI is InChI=1S/C17H20ClN5O4/c18-14-11(19-5-6-20-14)7-21-15(25)10-1-2-12-17(3-4-17)23(16(26)27)9-13(24)22(12)8-10/h5-6,10,12H,1-4,7-9H2,(H,21,25)(H,26,27). The van der Waals surface area contributed by atoms with Gasteiger partial charge in [-0.25, -0.2) is 9.78 Å². The zero-order valence-corrected chi connectivity index (χ0v) is 15.4. The summed E-state index contributed by atoms with van der Waals surface area (Å²) in [5.41, 5.74) is 0.0400. The van der Waals surface area contributed by atoms with Gasteiger partial charge in [0.25, 0.3) is 0 Å². The number of amides is 3. The second kappa shape index (κ2) is 6.63. The van der Waals surface area contributed by atoms with Gasteiger partial charge in [0.05, 0.1) is 29.7 Å². The van der Waals surface area contributed by atoms with Gasteiger partial charge < -0.3 is 15.3 Å². The predicted molar refractivity (Wildman–Crippen MR) is 93.8 cm³/mol. The predicted octanol–water partition coefficient (Wildman–Crippen LogP) is 0.880. The zero-order chi connectivity index (χ0) is 19.2. The van der Waals surface area contributed by atoms with E-state index in [1.807, 2.05) is 0 Å². The number of nitrogens with one attached hydrogen (secondary N) is 1. The first kappa shape index (κ1) is 18.0. The molecule has 2 N–H and O–H groups in total. The van der Waals surface area contributed by atoms with Crippen molar-refractivity contribution in [1.29, 1.82) is 0 Å². The molecule has 3 fully saturated rings. The quantitative estimate of drug-likeness (QED) is 0.787. The molecular weight excluding hydrogens is 374 g/mol. The van der Waals surface area contributed by atoms with Gasteiger partial charge in [-0.2, -0.15) is 0 Å². The molecule has 2 aliphatic heterocycles. The molecule has 1 spiro atoms. The molecule has 1 aromatic heterocycles. The summed E-state index contributed by atoms with van der Waals surface area (Å²) in [5, 5.41) is 12.5. The van der Waals surface area contributed by atoms with Crippen LogP contribution in [0.2, 0.25) is 5.15 Å². The highest BCUT2D eigenvalue weighted by Gasteiger charge is 2.62. The zero-order valence-electron chi connectivity index (χ0n) is 14.6. The number of hydrogen-bond donors (Lipinski definition) is 2. The lowest BCUT2D eigenvalue weighted by atomic mass is 9.84. The summed E-state index contributed by atoms with van der Waals surface area (Å²) >= 11 is 5.95. The first-order valence-corrected chi connectivity index (χ1v) is 9.33. The molecule has 144 valence electrons. The van der Waals surface area contributed by atoms with Crippen molar-refractivity contribution in [3.63, 3.8) is 0 Å². The van der Waals surface area contributed by atoms with Crippen LogP contribution in [-0.2, 0) is 16.1 Å². The number of piperazine rings is 1. The first-order chi connectivity index (χ1) is 12.9. The summed E-state index contributed by atoms with van der Waals surface area (Å²) in [6.07, 6.45) is 4.73. The van der Waals surface area contributed by atoms with Crippen molar-refractivity contribution in [2.75, 3.05) is 13.1 Å². The Bertz CT molecular complexity index is 799. The Kier molecular flexibility index (Phi) is 4.41. The van der Waals surface area contributed by atoms with E-state index in [2.05, 4.69) is 15.3 Å². The van der Waals surface area contributed by atoms with Crippen LogP contribution < -0.4 is 5.32 Å². The third-order valence-electron chi connectivity index (χ3n) is 5.87. The molecule has 0 radical (unpaired) electrons. The van der Waals surface area contributed by atoms with Crippen molar-refractivity contribution in [2.45, 2.75) is 43.8 Å². The smallest absolute Gasteiger partial charge is 0.408 e. The molecule has 27 heavy (non-hydrogen) atoms. The normalized spacial score (nSPS) is 25.9. The summed E-state index contributed by atoms with van der Waals surface area (Å²) in [4.78, 5) is 47.6. The molecule has 10 heteroatoms. The molecule has 1 saturated carbocycles. The fourth-order valence-electron chi connectivity index (χ4n) is 4.36. The number of fused-ring (bicyclic) bond motifs is 2. The molecule has 0 aromatic carbocycles. The Balaban J connectivity index is 1.41. The number of carbonyl (C=O) groups is 3. The van der Waals surface area contributed by atoms with Crippen LogP contribution in [-0.4, -0.2) is 67.5 Å². The first-order valence-electron chi connectivity index (χ1n) is 8.95. The van der Waals surface area contributed by atoms with Gasteiger partial charge in [-0.1, -0.05) is 11.6 Å². The molecule has 1 aliphatic carbocycles. The Morgan fingerprint density at radius 1 is 1.30 bits per heavy atom. The van der Waals surface area contributed by atoms with E-state index in [4.69, 9.17) is 11.6 Å². The molecular formula is C17H20ClN5O4. The Morgan fingerprint density at radius 3 is 2.70 bits per heavy atom. The highest BCUT2D eigenvalue weighted by molar-refractivity contribution is 6.29. The largest absolute Gasteiger partial charge is 0.465 e. The summed E-state index contributed by atoms with van der Waals surface area (Å²) in [6.45, 7) is 0.365. The van der Waals surface area contributed by atoms with Gasteiger partial charge in [0.2, 0.25) is 11.8 Å². The SMILES string of the molecule is O=C(NCc1nccnc1Cl)C1CCC2N(C1)C(=O)CN(C(=O)O)C21CC1. The van der Waals surface area contributed by atoms with Gasteiger partial charge in [-0.3, -0.25) is 19.5 Å². The van der Waals surface area contributed by atoms with Crippen LogP contribution in [0.1, 0.15) is 31.4 Å². The van der Waals surface area contributed by atoms with Crippen molar-refractivity contribution in [2.24, 2.45) is 5.92 Å². The molecule has 3 aliphatic rings. The molecule has 9 nitrogen and oxygen atoms in total. The lowest BCUT2D eigenvalue weighted by molar-refractivity contribution is -0.149. The molecule has 2 unspecified atom stereocenters. The minimum atomic E-state index is -1.04. The van der Waals surface area contributed by atoms with Crippen molar-refractivity contribution < 1.29 is 19.5 Å². The van der Waals surface area contributed by atoms with Crippen LogP contribution >= 0.6 is 11.6 Å². The fourth-order valence-corrected chi connectivity index (χ4v) is 4.53. The highest BCUT2D eigenvalue weighted by atomic mass is 35.5. The van der Waals surface area contributed by atoms with E-state index >= 15 is 0 Å². The van der Waals surface area contributed by atoms with Gasteiger partial charge in [0.1, 0.15) is 6.54 Å². The summed E-state index contributed by atoms with van der Waals surface area (Å²) in [7, 11) is 0. The number of rotatable bonds is 3. The third-order valence-corrected chi connectivity index (χ3v) is 6.19. The van der Waals surface area contributed by atoms with Crippen LogP contribution in [0, 0.1) is 5.92 Å². The van der Waals surface area contributed by atoms with E-state index < -0.39 is 11.6 Å². The van der Waals surface area contributed by atoms with Crippen molar-refractivity contribution in [3.05, 3.63) is 23.2 Å². The molecule has 4 rings (SSSR count). The van der Waals surface area contributed by atoms with Gasteiger partial charge in [-0.15, -0.1) is 0 Å². The monoisotopic (exact) mass is 393 g/mol. The Labute approximate surface area is 160 Å². The molecule has 2 saturated heterocycles. The maximum atomic E-state index is 12.6. The minimum absolute atomic E-state index is 0.130. The summed E-state index contributed by atoms with van der Waals surface area (Å²) in [6, 6.07) is -0.131. The van der Waals surface area contributed by atoms with Gasteiger partial charge in [0.15, 0.2) is 5.15 Å². The van der Waals surface area contributed by atoms with Crippen LogP contribution in [0.5, 0.6) is 0 Å². The average Bonchev–Trinajstić information content (AvgIpc) is 3.44. The van der Waals surface area contributed by atoms with E-state index in [1.54, 1.807) is 4.90 Å². The number of carboxylic acid groups (broad SMARTS) is 1. The van der Waals surface area contributed by atoms with Crippen LogP contribution in [0.25, 0.3) is 0 Å². The maximum absolute atomic E-state index is 12.6. The van der Waals surface area contributed by atoms with E-state index in [9.17, 15) is 19.5 Å². The lowest BCUT2D eigenvalue weighted by Gasteiger charge is -2.50. The highest BCUT2D eigenvalue weighted by Crippen LogP contribution is 2.51. The van der Waals surface area contributed by atoms with E-state index in [0.717, 1.165) is 12.8 Å². The van der Waals surface area contributed by atoms with Crippen LogP contribution in [0.4, 0.5) is 4.79 Å². The molecule has 1 aromatic rings. The number of nitrogens with zero attached hydrogens (tertiary/aromatic N) is 4. The number of halogens is 1. The van der Waals surface area contributed by atoms with E-state index in [1.165, 1.54) is 17.3 Å². The fraction of sp³-hybridized carbons (Fsp3) is 0.588. The Hall–Kier alpha value is -2.42. The van der Waals surface area contributed by atoms with E-state index in [-0.39, 0.29) is 42.0 Å². The number of hydrogen-bond acceptors (Lipinski definition) is 5. The van der Waals surface area contributed by atoms with Crippen LogP contribution in [0.15, 0.2) is 12.4 Å². The topological polar surface area (TPSA) is 116 Å². The van der Waals surface area contributed by atoms with Crippen LogP contribution in [0.3, 0.4) is 0 Å². The van der Waals surface area contributed by atoms with E-state index in [0.29, 0.717) is 25.1 Å². The maximum Gasteiger partial charge on any atom is 0.408 e. The van der Waals surface area contributed by atoms with Gasteiger partial charge in [0, 0.05) is 18.9 Å². The van der Waals surface area contributed by atoms with Gasteiger partial charge >= 0.3 is 6.09 Å². The second-order valence-electron chi connectivity index (χ2n) is 7.32. The third kappa shape index (κ3) is 3.09. The number of piperidine rings is 1. The average molecular weight is 394 g/mol. The molecule has 0 bridgehead atoms. The molecule has 3 heterocycles. The Morgan fingerprint density at radius 2 is 2.04 bits per heavy atom.